The van der Waals surface area contributed by atoms with E-state index in [1.807, 2.05) is 24.3 Å². The lowest BCUT2D eigenvalue weighted by atomic mass is 10.2. The van der Waals surface area contributed by atoms with Crippen LogP contribution in [0.3, 0.4) is 0 Å². The molecule has 3 rings (SSSR count). The Morgan fingerprint density at radius 1 is 1.24 bits per heavy atom. The molecule has 0 radical (unpaired) electrons. The highest BCUT2D eigenvalue weighted by molar-refractivity contribution is 6.32. The molecule has 5 heteroatoms. The molecule has 0 saturated carbocycles. The number of halogens is 1. The zero-order chi connectivity index (χ0) is 11.7. The van der Waals surface area contributed by atoms with E-state index in [0.29, 0.717) is 17.0 Å². The summed E-state index contributed by atoms with van der Waals surface area (Å²) in [6.07, 6.45) is 1.09. The zero-order valence-corrected chi connectivity index (χ0v) is 10.0. The summed E-state index contributed by atoms with van der Waals surface area (Å²) in [5.74, 6) is 0.680. The van der Waals surface area contributed by atoms with Gasteiger partial charge in [-0.25, -0.2) is 9.97 Å². The Hall–Kier alpha value is -1.39. The molecule has 2 heterocycles. The number of rotatable bonds is 2. The van der Waals surface area contributed by atoms with Gasteiger partial charge in [0.25, 0.3) is 0 Å². The predicted octanol–water partition coefficient (Wildman–Crippen LogP) is 2.06. The van der Waals surface area contributed by atoms with Gasteiger partial charge in [0, 0.05) is 12.6 Å². The van der Waals surface area contributed by atoms with Crippen LogP contribution in [0, 0.1) is 0 Å². The first-order chi connectivity index (χ1) is 8.33. The topological polar surface area (TPSA) is 49.8 Å². The van der Waals surface area contributed by atoms with Crippen LogP contribution in [0.4, 0.5) is 5.82 Å². The molecule has 0 unspecified atom stereocenters. The maximum atomic E-state index is 6.13. The second kappa shape index (κ2) is 4.47. The van der Waals surface area contributed by atoms with Crippen LogP contribution in [0.5, 0.6) is 0 Å². The van der Waals surface area contributed by atoms with Crippen molar-refractivity contribution < 1.29 is 0 Å². The highest BCUT2D eigenvalue weighted by Gasteiger charge is 2.16. The SMILES string of the molecule is Clc1nc2ccccc2nc1N[C@H]1CCNC1. The summed E-state index contributed by atoms with van der Waals surface area (Å²) in [6.45, 7) is 1.99. The summed E-state index contributed by atoms with van der Waals surface area (Å²) in [5, 5.41) is 7.07. The molecule has 1 saturated heterocycles. The van der Waals surface area contributed by atoms with Crippen molar-refractivity contribution in [1.29, 1.82) is 0 Å². The van der Waals surface area contributed by atoms with E-state index in [1.165, 1.54) is 0 Å². The van der Waals surface area contributed by atoms with E-state index in [2.05, 4.69) is 20.6 Å². The van der Waals surface area contributed by atoms with Gasteiger partial charge in [0.15, 0.2) is 11.0 Å². The molecule has 1 aliphatic rings. The van der Waals surface area contributed by atoms with Gasteiger partial charge in [-0.3, -0.25) is 0 Å². The molecule has 17 heavy (non-hydrogen) atoms. The van der Waals surface area contributed by atoms with Crippen molar-refractivity contribution in [2.24, 2.45) is 0 Å². The maximum absolute atomic E-state index is 6.13. The fourth-order valence-corrected chi connectivity index (χ4v) is 2.23. The van der Waals surface area contributed by atoms with Crippen LogP contribution in [-0.2, 0) is 0 Å². The maximum Gasteiger partial charge on any atom is 0.172 e. The Bertz CT molecular complexity index is 537. The fraction of sp³-hybridized carbons (Fsp3) is 0.333. The van der Waals surface area contributed by atoms with Gasteiger partial charge < -0.3 is 10.6 Å². The molecule has 1 aromatic heterocycles. The Labute approximate surface area is 104 Å². The van der Waals surface area contributed by atoms with Crippen LogP contribution in [-0.4, -0.2) is 29.1 Å². The van der Waals surface area contributed by atoms with Crippen molar-refractivity contribution in [2.75, 3.05) is 18.4 Å². The molecular formula is C12H13ClN4. The highest BCUT2D eigenvalue weighted by Crippen LogP contribution is 2.22. The average Bonchev–Trinajstić information content (AvgIpc) is 2.83. The number of benzene rings is 1. The second-order valence-corrected chi connectivity index (χ2v) is 4.54. The number of para-hydroxylation sites is 2. The first-order valence-electron chi connectivity index (χ1n) is 5.72. The third kappa shape index (κ3) is 2.18. The zero-order valence-electron chi connectivity index (χ0n) is 9.28. The van der Waals surface area contributed by atoms with Gasteiger partial charge in [-0.05, 0) is 25.1 Å². The van der Waals surface area contributed by atoms with E-state index in [1.54, 1.807) is 0 Å². The second-order valence-electron chi connectivity index (χ2n) is 4.19. The molecule has 1 aromatic carbocycles. The van der Waals surface area contributed by atoms with E-state index < -0.39 is 0 Å². The molecule has 1 fully saturated rings. The van der Waals surface area contributed by atoms with Gasteiger partial charge in [0.1, 0.15) is 0 Å². The minimum atomic E-state index is 0.392. The first kappa shape index (κ1) is 10.7. The molecule has 4 nitrogen and oxygen atoms in total. The normalized spacial score (nSPS) is 19.7. The number of nitrogens with one attached hydrogen (secondary N) is 2. The lowest BCUT2D eigenvalue weighted by molar-refractivity contribution is 0.788. The summed E-state index contributed by atoms with van der Waals surface area (Å²) in [4.78, 5) is 8.84. The van der Waals surface area contributed by atoms with Crippen LogP contribution in [0.2, 0.25) is 5.15 Å². The number of fused-ring (bicyclic) bond motifs is 1. The number of aromatic nitrogens is 2. The first-order valence-corrected chi connectivity index (χ1v) is 6.10. The van der Waals surface area contributed by atoms with E-state index in [9.17, 15) is 0 Å². The summed E-state index contributed by atoms with van der Waals surface area (Å²) >= 11 is 6.13. The molecule has 0 amide bonds. The van der Waals surface area contributed by atoms with Gasteiger partial charge in [-0.15, -0.1) is 0 Å². The quantitative estimate of drug-likeness (QED) is 0.854. The van der Waals surface area contributed by atoms with E-state index in [-0.39, 0.29) is 0 Å². The van der Waals surface area contributed by atoms with Gasteiger partial charge >= 0.3 is 0 Å². The molecule has 1 atom stereocenters. The third-order valence-corrected chi connectivity index (χ3v) is 3.19. The van der Waals surface area contributed by atoms with Crippen molar-refractivity contribution in [1.82, 2.24) is 15.3 Å². The number of hydrogen-bond acceptors (Lipinski definition) is 4. The number of hydrogen-bond donors (Lipinski definition) is 2. The Balaban J connectivity index is 1.95. The van der Waals surface area contributed by atoms with Crippen LogP contribution < -0.4 is 10.6 Å². The lowest BCUT2D eigenvalue weighted by Gasteiger charge is -2.13. The van der Waals surface area contributed by atoms with Crippen molar-refractivity contribution in [3.63, 3.8) is 0 Å². The van der Waals surface area contributed by atoms with Crippen molar-refractivity contribution in [3.05, 3.63) is 29.4 Å². The van der Waals surface area contributed by atoms with Crippen LogP contribution in [0.25, 0.3) is 11.0 Å². The monoisotopic (exact) mass is 248 g/mol. The summed E-state index contributed by atoms with van der Waals surface area (Å²) in [6, 6.07) is 8.13. The van der Waals surface area contributed by atoms with Crippen molar-refractivity contribution >= 4 is 28.5 Å². The molecule has 2 aromatic rings. The predicted molar refractivity (Wildman–Crippen MR) is 69.4 cm³/mol. The third-order valence-electron chi connectivity index (χ3n) is 2.93. The lowest BCUT2D eigenvalue weighted by Crippen LogP contribution is -2.23. The largest absolute Gasteiger partial charge is 0.363 e. The Morgan fingerprint density at radius 2 is 2.00 bits per heavy atom. The number of anilines is 1. The molecule has 0 bridgehead atoms. The molecule has 88 valence electrons. The summed E-state index contributed by atoms with van der Waals surface area (Å²) in [5.41, 5.74) is 1.69. The van der Waals surface area contributed by atoms with Crippen LogP contribution in [0.1, 0.15) is 6.42 Å². The minimum absolute atomic E-state index is 0.392. The van der Waals surface area contributed by atoms with E-state index in [0.717, 1.165) is 30.5 Å². The average molecular weight is 249 g/mol. The van der Waals surface area contributed by atoms with Gasteiger partial charge in [0.2, 0.25) is 0 Å². The van der Waals surface area contributed by atoms with Crippen LogP contribution >= 0.6 is 11.6 Å². The molecule has 0 aliphatic carbocycles. The Morgan fingerprint density at radius 3 is 2.71 bits per heavy atom. The number of nitrogens with zero attached hydrogens (tertiary/aromatic N) is 2. The van der Waals surface area contributed by atoms with Gasteiger partial charge in [-0.2, -0.15) is 0 Å². The molecule has 1 aliphatic heterocycles. The Kier molecular flexibility index (Phi) is 2.82. The summed E-state index contributed by atoms with van der Waals surface area (Å²) < 4.78 is 0. The van der Waals surface area contributed by atoms with Crippen molar-refractivity contribution in [3.8, 4) is 0 Å². The fourth-order valence-electron chi connectivity index (χ4n) is 2.04. The highest BCUT2D eigenvalue weighted by atomic mass is 35.5. The van der Waals surface area contributed by atoms with E-state index in [4.69, 9.17) is 11.6 Å². The standard InChI is InChI=1S/C12H13ClN4/c13-11-12(15-8-5-6-14-7-8)17-10-4-2-1-3-9(10)16-11/h1-4,8,14H,5-7H2,(H,15,17)/t8-/m0/s1. The summed E-state index contributed by atoms with van der Waals surface area (Å²) in [7, 11) is 0. The van der Waals surface area contributed by atoms with Gasteiger partial charge in [-0.1, -0.05) is 23.7 Å². The van der Waals surface area contributed by atoms with Crippen molar-refractivity contribution in [2.45, 2.75) is 12.5 Å². The molecule has 2 N–H and O–H groups in total. The minimum Gasteiger partial charge on any atom is -0.363 e. The van der Waals surface area contributed by atoms with Gasteiger partial charge in [0.05, 0.1) is 11.0 Å². The molecule has 0 spiro atoms. The molecular weight excluding hydrogens is 236 g/mol. The van der Waals surface area contributed by atoms with E-state index >= 15 is 0 Å². The van der Waals surface area contributed by atoms with Crippen LogP contribution in [0.15, 0.2) is 24.3 Å². The smallest absolute Gasteiger partial charge is 0.172 e.